The number of rotatable bonds is 4. The molecule has 7 nitrogen and oxygen atoms in total. The van der Waals surface area contributed by atoms with Gasteiger partial charge in [-0.2, -0.15) is 0 Å². The highest BCUT2D eigenvalue weighted by Crippen LogP contribution is 2.48. The summed E-state index contributed by atoms with van der Waals surface area (Å²) in [4.78, 5) is 15.1. The van der Waals surface area contributed by atoms with Crippen LogP contribution in [-0.2, 0) is 17.3 Å². The molecule has 132 valence electrons. The molecule has 1 amide bonds. The van der Waals surface area contributed by atoms with Gasteiger partial charge < -0.3 is 10.2 Å². The number of aromatic nitrogens is 4. The monoisotopic (exact) mass is 360 g/mol. The minimum absolute atomic E-state index is 0.114. The number of piperidine rings is 1. The molecule has 2 fully saturated rings. The molecule has 1 saturated carbocycles. The molecule has 1 aromatic carbocycles. The van der Waals surface area contributed by atoms with Crippen molar-refractivity contribution in [2.45, 2.75) is 37.1 Å². The Hall–Kier alpha value is -2.15. The van der Waals surface area contributed by atoms with Crippen LogP contribution in [0.5, 0.6) is 0 Å². The zero-order chi connectivity index (χ0) is 17.4. The smallest absolute Gasteiger partial charge is 0.245 e. The van der Waals surface area contributed by atoms with Gasteiger partial charge in [0.05, 0.1) is 5.41 Å². The van der Waals surface area contributed by atoms with Gasteiger partial charge in [-0.15, -0.1) is 0 Å². The van der Waals surface area contributed by atoms with Crippen LogP contribution in [0.15, 0.2) is 24.3 Å². The van der Waals surface area contributed by atoms with Gasteiger partial charge in [-0.3, -0.25) is 4.79 Å². The van der Waals surface area contributed by atoms with E-state index in [0.29, 0.717) is 5.02 Å². The molecule has 1 aliphatic carbocycles. The summed E-state index contributed by atoms with van der Waals surface area (Å²) in [5, 5.41) is 15.6. The first-order valence-electron chi connectivity index (χ1n) is 8.63. The molecular weight excluding hydrogens is 340 g/mol. The van der Waals surface area contributed by atoms with Gasteiger partial charge in [-0.05, 0) is 53.8 Å². The normalized spacial score (nSPS) is 21.8. The lowest BCUT2D eigenvalue weighted by molar-refractivity contribution is -0.124. The highest BCUT2D eigenvalue weighted by atomic mass is 35.5. The van der Waals surface area contributed by atoms with E-state index in [1.54, 1.807) is 4.68 Å². The largest absolute Gasteiger partial charge is 0.351 e. The van der Waals surface area contributed by atoms with E-state index in [1.165, 1.54) is 0 Å². The fourth-order valence-corrected chi connectivity index (χ4v) is 3.76. The molecule has 2 heterocycles. The number of benzene rings is 1. The Balaban J connectivity index is 1.44. The van der Waals surface area contributed by atoms with E-state index < -0.39 is 0 Å². The van der Waals surface area contributed by atoms with Crippen LogP contribution in [0.1, 0.15) is 31.2 Å². The summed E-state index contributed by atoms with van der Waals surface area (Å²) in [6.45, 7) is 1.64. The van der Waals surface area contributed by atoms with Crippen LogP contribution < -0.4 is 10.2 Å². The lowest BCUT2D eigenvalue weighted by Gasteiger charge is -2.33. The van der Waals surface area contributed by atoms with Gasteiger partial charge in [0.1, 0.15) is 0 Å². The van der Waals surface area contributed by atoms with E-state index in [0.717, 1.165) is 50.3 Å². The van der Waals surface area contributed by atoms with Crippen LogP contribution >= 0.6 is 11.6 Å². The molecule has 0 radical (unpaired) electrons. The Morgan fingerprint density at radius 2 is 2.08 bits per heavy atom. The van der Waals surface area contributed by atoms with E-state index in [1.807, 2.05) is 31.3 Å². The summed E-state index contributed by atoms with van der Waals surface area (Å²) < 4.78 is 1.67. The summed E-state index contributed by atoms with van der Waals surface area (Å²) in [5.74, 6) is 0.871. The quantitative estimate of drug-likeness (QED) is 0.897. The predicted octanol–water partition coefficient (Wildman–Crippen LogP) is 1.68. The number of carbonyl (C=O) groups excluding carboxylic acids is 1. The molecule has 1 atom stereocenters. The number of carbonyl (C=O) groups is 1. The lowest BCUT2D eigenvalue weighted by Crippen LogP contribution is -2.50. The number of tetrazole rings is 1. The number of nitrogens with one attached hydrogen (secondary N) is 1. The molecule has 4 rings (SSSR count). The molecule has 1 aromatic heterocycles. The van der Waals surface area contributed by atoms with Gasteiger partial charge in [0.2, 0.25) is 11.9 Å². The molecule has 2 aromatic rings. The molecule has 0 bridgehead atoms. The zero-order valence-corrected chi connectivity index (χ0v) is 14.9. The third-order valence-corrected chi connectivity index (χ3v) is 5.47. The zero-order valence-electron chi connectivity index (χ0n) is 14.2. The first kappa shape index (κ1) is 16.3. The van der Waals surface area contributed by atoms with Crippen molar-refractivity contribution in [3.05, 3.63) is 34.9 Å². The van der Waals surface area contributed by atoms with Crippen LogP contribution in [0.4, 0.5) is 5.95 Å². The average Bonchev–Trinajstić information content (AvgIpc) is 3.31. The lowest BCUT2D eigenvalue weighted by atomic mass is 9.94. The standard InChI is InChI=1S/C17H21ClN6O/c1-23-16(20-21-22-23)24-10-2-3-14(11-24)19-15(25)17(8-9-17)12-4-6-13(18)7-5-12/h4-7,14H,2-3,8-11H2,1H3,(H,19,25)/t14-/m1/s1. The Labute approximate surface area is 151 Å². The van der Waals surface area contributed by atoms with Gasteiger partial charge in [0.15, 0.2) is 0 Å². The molecule has 8 heteroatoms. The Morgan fingerprint density at radius 3 is 2.72 bits per heavy atom. The molecule has 1 N–H and O–H groups in total. The molecule has 0 unspecified atom stereocenters. The second-order valence-electron chi connectivity index (χ2n) is 6.95. The van der Waals surface area contributed by atoms with Crippen LogP contribution in [0.2, 0.25) is 5.02 Å². The first-order valence-corrected chi connectivity index (χ1v) is 9.01. The fourth-order valence-electron chi connectivity index (χ4n) is 3.63. The van der Waals surface area contributed by atoms with Gasteiger partial charge in [0, 0.05) is 31.2 Å². The molecule has 1 aliphatic heterocycles. The second-order valence-corrected chi connectivity index (χ2v) is 7.39. The summed E-state index contributed by atoms with van der Waals surface area (Å²) in [6, 6.07) is 7.75. The summed E-state index contributed by atoms with van der Waals surface area (Å²) in [7, 11) is 1.83. The number of hydrogen-bond acceptors (Lipinski definition) is 5. The minimum atomic E-state index is -0.376. The van der Waals surface area contributed by atoms with E-state index >= 15 is 0 Å². The maximum Gasteiger partial charge on any atom is 0.245 e. The number of halogens is 1. The summed E-state index contributed by atoms with van der Waals surface area (Å²) in [6.07, 6.45) is 3.77. The third kappa shape index (κ3) is 3.08. The van der Waals surface area contributed by atoms with Crippen LogP contribution in [0.25, 0.3) is 0 Å². The van der Waals surface area contributed by atoms with Gasteiger partial charge in [-0.25, -0.2) is 4.68 Å². The Bertz CT molecular complexity index is 770. The van der Waals surface area contributed by atoms with Crippen molar-refractivity contribution >= 4 is 23.5 Å². The number of aryl methyl sites for hydroxylation is 1. The van der Waals surface area contributed by atoms with E-state index in [2.05, 4.69) is 25.7 Å². The number of amides is 1. The van der Waals surface area contributed by atoms with E-state index in [9.17, 15) is 4.79 Å². The minimum Gasteiger partial charge on any atom is -0.351 e. The molecular formula is C17H21ClN6O. The second kappa shape index (κ2) is 6.29. The molecule has 25 heavy (non-hydrogen) atoms. The highest BCUT2D eigenvalue weighted by molar-refractivity contribution is 6.30. The summed E-state index contributed by atoms with van der Waals surface area (Å²) >= 11 is 5.97. The Morgan fingerprint density at radius 1 is 1.32 bits per heavy atom. The number of hydrogen-bond donors (Lipinski definition) is 1. The van der Waals surface area contributed by atoms with Crippen molar-refractivity contribution in [3.8, 4) is 0 Å². The molecule has 2 aliphatic rings. The highest BCUT2D eigenvalue weighted by Gasteiger charge is 2.51. The van der Waals surface area contributed by atoms with E-state index in [-0.39, 0.29) is 17.4 Å². The van der Waals surface area contributed by atoms with Crippen LogP contribution in [0.3, 0.4) is 0 Å². The number of anilines is 1. The van der Waals surface area contributed by atoms with E-state index in [4.69, 9.17) is 11.6 Å². The average molecular weight is 361 g/mol. The Kier molecular flexibility index (Phi) is 4.11. The van der Waals surface area contributed by atoms with Crippen molar-refractivity contribution < 1.29 is 4.79 Å². The summed E-state index contributed by atoms with van der Waals surface area (Å²) in [5.41, 5.74) is 0.679. The van der Waals surface area contributed by atoms with Gasteiger partial charge in [0.25, 0.3) is 0 Å². The third-order valence-electron chi connectivity index (χ3n) is 5.22. The van der Waals surface area contributed by atoms with Crippen molar-refractivity contribution in [2.75, 3.05) is 18.0 Å². The van der Waals surface area contributed by atoms with Gasteiger partial charge in [-0.1, -0.05) is 28.8 Å². The maximum atomic E-state index is 12.9. The molecule has 1 saturated heterocycles. The SMILES string of the molecule is Cn1nnnc1N1CCC[C@@H](NC(=O)C2(c3ccc(Cl)cc3)CC2)C1. The van der Waals surface area contributed by atoms with Crippen LogP contribution in [0, 0.1) is 0 Å². The number of nitrogens with zero attached hydrogens (tertiary/aromatic N) is 5. The van der Waals surface area contributed by atoms with Crippen molar-refractivity contribution in [1.29, 1.82) is 0 Å². The topological polar surface area (TPSA) is 75.9 Å². The maximum absolute atomic E-state index is 12.9. The van der Waals surface area contributed by atoms with Crippen molar-refractivity contribution in [2.24, 2.45) is 7.05 Å². The van der Waals surface area contributed by atoms with Gasteiger partial charge >= 0.3 is 0 Å². The van der Waals surface area contributed by atoms with Crippen molar-refractivity contribution in [1.82, 2.24) is 25.5 Å². The predicted molar refractivity (Wildman–Crippen MR) is 94.5 cm³/mol. The first-order chi connectivity index (χ1) is 12.1. The fraction of sp³-hybridized carbons (Fsp3) is 0.529. The molecule has 0 spiro atoms. The van der Waals surface area contributed by atoms with Crippen LogP contribution in [-0.4, -0.2) is 45.2 Å². The van der Waals surface area contributed by atoms with Crippen molar-refractivity contribution in [3.63, 3.8) is 0 Å².